The minimum atomic E-state index is -0.106. The van der Waals surface area contributed by atoms with Gasteiger partial charge in [-0.1, -0.05) is 38.5 Å². The van der Waals surface area contributed by atoms with Gasteiger partial charge in [0.05, 0.1) is 13.7 Å². The topological polar surface area (TPSA) is 55.5 Å². The smallest absolute Gasteiger partial charge is 0.226 e. The Morgan fingerprint density at radius 1 is 1.05 bits per heavy atom. The van der Waals surface area contributed by atoms with Crippen LogP contribution in [0.2, 0.25) is 0 Å². The van der Waals surface area contributed by atoms with Crippen molar-refractivity contribution in [2.24, 2.45) is 0 Å². The number of hydrogen-bond acceptors (Lipinski definition) is 4. The largest absolute Gasteiger partial charge is 0.497 e. The minimum absolute atomic E-state index is 0.106. The zero-order valence-corrected chi connectivity index (χ0v) is 13.5. The maximum absolute atomic E-state index is 9.02. The number of oxazole rings is 1. The van der Waals surface area contributed by atoms with Gasteiger partial charge in [0.1, 0.15) is 17.2 Å². The van der Waals surface area contributed by atoms with Crippen LogP contribution in [0.25, 0.3) is 11.5 Å². The number of aryl methyl sites for hydroxylation is 1. The fraction of sp³-hybridized carbons (Fsp3) is 0.500. The van der Waals surface area contributed by atoms with Gasteiger partial charge in [-0.15, -0.1) is 0 Å². The number of nitrogens with zero attached hydrogens (tertiary/aromatic N) is 1. The monoisotopic (exact) mass is 303 g/mol. The Kier molecular flexibility index (Phi) is 6.46. The van der Waals surface area contributed by atoms with E-state index in [0.29, 0.717) is 17.3 Å². The van der Waals surface area contributed by atoms with Crippen LogP contribution >= 0.6 is 0 Å². The van der Waals surface area contributed by atoms with E-state index in [1.807, 2.05) is 24.3 Å². The second-order valence-electron chi connectivity index (χ2n) is 5.53. The first-order valence-corrected chi connectivity index (χ1v) is 7.96. The van der Waals surface area contributed by atoms with Gasteiger partial charge >= 0.3 is 0 Å². The van der Waals surface area contributed by atoms with Crippen molar-refractivity contribution in [2.75, 3.05) is 7.11 Å². The summed E-state index contributed by atoms with van der Waals surface area (Å²) in [4.78, 5) is 4.20. The van der Waals surface area contributed by atoms with Crippen molar-refractivity contribution in [1.29, 1.82) is 0 Å². The standard InChI is InChI=1S/C12H13NO3.C6H12/c1-8-11(7-14)13-12(16-8)9-3-5-10(15-2)6-4-9;1-2-4-6-5-3-1/h3-6,14H,7H2,1-2H3;1-6H2. The van der Waals surface area contributed by atoms with Gasteiger partial charge in [-0.25, -0.2) is 4.98 Å². The Labute approximate surface area is 132 Å². The molecule has 1 aromatic heterocycles. The number of benzene rings is 1. The molecular weight excluding hydrogens is 278 g/mol. The highest BCUT2D eigenvalue weighted by Gasteiger charge is 2.10. The molecule has 0 bridgehead atoms. The normalized spacial score (nSPS) is 14.1. The van der Waals surface area contributed by atoms with E-state index in [0.717, 1.165) is 11.3 Å². The summed E-state index contributed by atoms with van der Waals surface area (Å²) in [5.74, 6) is 1.95. The molecule has 1 aliphatic rings. The van der Waals surface area contributed by atoms with Crippen molar-refractivity contribution in [3.05, 3.63) is 35.7 Å². The summed E-state index contributed by atoms with van der Waals surface area (Å²) in [6.07, 6.45) is 9.00. The molecule has 2 aromatic rings. The fourth-order valence-electron chi connectivity index (χ4n) is 2.49. The Morgan fingerprint density at radius 3 is 2.00 bits per heavy atom. The number of ether oxygens (including phenoxy) is 1. The highest BCUT2D eigenvalue weighted by atomic mass is 16.5. The summed E-state index contributed by atoms with van der Waals surface area (Å²) in [5, 5.41) is 9.02. The molecule has 1 heterocycles. The van der Waals surface area contributed by atoms with E-state index in [1.54, 1.807) is 14.0 Å². The molecular formula is C18H25NO3. The van der Waals surface area contributed by atoms with Gasteiger partial charge in [0.2, 0.25) is 5.89 Å². The third kappa shape index (κ3) is 4.60. The van der Waals surface area contributed by atoms with Gasteiger partial charge < -0.3 is 14.3 Å². The van der Waals surface area contributed by atoms with Crippen LogP contribution in [0.5, 0.6) is 5.75 Å². The van der Waals surface area contributed by atoms with Crippen LogP contribution in [0.4, 0.5) is 0 Å². The van der Waals surface area contributed by atoms with Crippen LogP contribution in [0, 0.1) is 6.92 Å². The third-order valence-electron chi connectivity index (χ3n) is 3.88. The van der Waals surface area contributed by atoms with Crippen LogP contribution in [-0.4, -0.2) is 17.2 Å². The van der Waals surface area contributed by atoms with Crippen molar-refractivity contribution in [3.8, 4) is 17.2 Å². The molecule has 1 aliphatic carbocycles. The first kappa shape index (κ1) is 16.6. The average Bonchev–Trinajstić information content (AvgIpc) is 2.98. The Hall–Kier alpha value is -1.81. The van der Waals surface area contributed by atoms with Crippen molar-refractivity contribution in [1.82, 2.24) is 4.98 Å². The Bertz CT molecular complexity index is 545. The Balaban J connectivity index is 0.000000246. The number of aromatic nitrogens is 1. The van der Waals surface area contributed by atoms with Crippen LogP contribution in [-0.2, 0) is 6.61 Å². The molecule has 0 saturated heterocycles. The maximum atomic E-state index is 9.02. The molecule has 0 spiro atoms. The van der Waals surface area contributed by atoms with Gasteiger partial charge in [0, 0.05) is 5.56 Å². The average molecular weight is 303 g/mol. The van der Waals surface area contributed by atoms with E-state index >= 15 is 0 Å². The maximum Gasteiger partial charge on any atom is 0.226 e. The molecule has 0 atom stereocenters. The molecule has 0 unspecified atom stereocenters. The summed E-state index contributed by atoms with van der Waals surface area (Å²) in [6, 6.07) is 7.41. The van der Waals surface area contributed by atoms with E-state index < -0.39 is 0 Å². The molecule has 4 heteroatoms. The van der Waals surface area contributed by atoms with Crippen LogP contribution < -0.4 is 4.74 Å². The zero-order chi connectivity index (χ0) is 15.8. The molecule has 1 aromatic carbocycles. The molecule has 1 fully saturated rings. The lowest BCUT2D eigenvalue weighted by Gasteiger charge is -2.05. The molecule has 120 valence electrons. The summed E-state index contributed by atoms with van der Waals surface area (Å²) in [7, 11) is 1.62. The minimum Gasteiger partial charge on any atom is -0.497 e. The van der Waals surface area contributed by atoms with Gasteiger partial charge in [0.25, 0.3) is 0 Å². The van der Waals surface area contributed by atoms with Gasteiger partial charge in [-0.2, -0.15) is 0 Å². The van der Waals surface area contributed by atoms with E-state index in [2.05, 4.69) is 4.98 Å². The summed E-state index contributed by atoms with van der Waals surface area (Å²) < 4.78 is 10.5. The van der Waals surface area contributed by atoms with Crippen molar-refractivity contribution in [2.45, 2.75) is 52.1 Å². The lowest BCUT2D eigenvalue weighted by atomic mass is 10.0. The SMILES string of the molecule is C1CCCCC1.COc1ccc(-c2nc(CO)c(C)o2)cc1. The number of methoxy groups -OCH3 is 1. The van der Waals surface area contributed by atoms with Crippen molar-refractivity contribution in [3.63, 3.8) is 0 Å². The zero-order valence-electron chi connectivity index (χ0n) is 13.5. The van der Waals surface area contributed by atoms with Gasteiger partial charge in [-0.3, -0.25) is 0 Å². The lowest BCUT2D eigenvalue weighted by molar-refractivity contribution is 0.275. The van der Waals surface area contributed by atoms with E-state index in [9.17, 15) is 0 Å². The van der Waals surface area contributed by atoms with Crippen molar-refractivity contribution >= 4 is 0 Å². The van der Waals surface area contributed by atoms with Gasteiger partial charge in [0.15, 0.2) is 0 Å². The van der Waals surface area contributed by atoms with E-state index in [4.69, 9.17) is 14.3 Å². The third-order valence-corrected chi connectivity index (χ3v) is 3.88. The molecule has 1 saturated carbocycles. The number of aliphatic hydroxyl groups excluding tert-OH is 1. The summed E-state index contributed by atoms with van der Waals surface area (Å²) in [5.41, 5.74) is 1.44. The fourth-order valence-corrected chi connectivity index (χ4v) is 2.49. The first-order valence-electron chi connectivity index (χ1n) is 7.96. The number of rotatable bonds is 3. The molecule has 0 aliphatic heterocycles. The summed E-state index contributed by atoms with van der Waals surface area (Å²) in [6.45, 7) is 1.68. The van der Waals surface area contributed by atoms with Gasteiger partial charge in [-0.05, 0) is 31.2 Å². The predicted molar refractivity (Wildman–Crippen MR) is 86.9 cm³/mol. The molecule has 3 rings (SSSR count). The quantitative estimate of drug-likeness (QED) is 0.907. The molecule has 22 heavy (non-hydrogen) atoms. The number of aliphatic hydroxyl groups is 1. The Morgan fingerprint density at radius 2 is 1.59 bits per heavy atom. The highest BCUT2D eigenvalue weighted by molar-refractivity contribution is 5.55. The number of hydrogen-bond donors (Lipinski definition) is 1. The van der Waals surface area contributed by atoms with Crippen LogP contribution in [0.3, 0.4) is 0 Å². The van der Waals surface area contributed by atoms with Crippen LogP contribution in [0.15, 0.2) is 28.7 Å². The van der Waals surface area contributed by atoms with E-state index in [1.165, 1.54) is 38.5 Å². The first-order chi connectivity index (χ1) is 10.7. The lowest BCUT2D eigenvalue weighted by Crippen LogP contribution is -1.85. The van der Waals surface area contributed by atoms with Crippen LogP contribution in [0.1, 0.15) is 50.0 Å². The molecule has 0 radical (unpaired) electrons. The van der Waals surface area contributed by atoms with Crippen molar-refractivity contribution < 1.29 is 14.3 Å². The highest BCUT2D eigenvalue weighted by Crippen LogP contribution is 2.23. The predicted octanol–water partition coefficient (Wildman–Crippen LogP) is 4.49. The second-order valence-corrected chi connectivity index (χ2v) is 5.53. The second kappa shape index (κ2) is 8.59. The summed E-state index contributed by atoms with van der Waals surface area (Å²) >= 11 is 0. The molecule has 1 N–H and O–H groups in total. The molecule has 4 nitrogen and oxygen atoms in total. The van der Waals surface area contributed by atoms with E-state index in [-0.39, 0.29) is 6.61 Å². The molecule has 0 amide bonds.